The molecule has 0 atom stereocenters. The van der Waals surface area contributed by atoms with E-state index in [1.54, 1.807) is 0 Å². The van der Waals surface area contributed by atoms with Crippen LogP contribution in [0.2, 0.25) is 0 Å². The van der Waals surface area contributed by atoms with Crippen molar-refractivity contribution in [1.29, 1.82) is 0 Å². The van der Waals surface area contributed by atoms with Crippen molar-refractivity contribution < 1.29 is 22.7 Å². The van der Waals surface area contributed by atoms with E-state index in [1.165, 1.54) is 23.3 Å². The third kappa shape index (κ3) is 4.68. The molecule has 26 heavy (non-hydrogen) atoms. The summed E-state index contributed by atoms with van der Waals surface area (Å²) >= 11 is 0. The van der Waals surface area contributed by atoms with Crippen molar-refractivity contribution in [1.82, 2.24) is 5.32 Å². The highest BCUT2D eigenvalue weighted by Gasteiger charge is 2.30. The molecule has 0 radical (unpaired) electrons. The molecule has 3 rings (SSSR count). The first-order chi connectivity index (χ1) is 12.4. The number of carbonyl (C=O) groups is 1. The number of anilines is 1. The first-order valence-electron chi connectivity index (χ1n) is 8.38. The molecule has 0 heterocycles. The number of ether oxygens (including phenoxy) is 1. The number of alkyl halides is 3. The van der Waals surface area contributed by atoms with Crippen LogP contribution in [0.5, 0.6) is 5.75 Å². The summed E-state index contributed by atoms with van der Waals surface area (Å²) in [6, 6.07) is 9.89. The predicted molar refractivity (Wildman–Crippen MR) is 92.4 cm³/mol. The Balaban J connectivity index is 1.43. The van der Waals surface area contributed by atoms with Crippen LogP contribution >= 0.6 is 0 Å². The van der Waals surface area contributed by atoms with Crippen LogP contribution in [0.25, 0.3) is 0 Å². The molecule has 2 N–H and O–H groups in total. The number of nitrogens with one attached hydrogen (secondary N) is 2. The Labute approximate surface area is 149 Å². The van der Waals surface area contributed by atoms with Crippen LogP contribution < -0.4 is 15.4 Å². The lowest BCUT2D eigenvalue weighted by atomic mass is 10.1. The van der Waals surface area contributed by atoms with Gasteiger partial charge in [-0.3, -0.25) is 0 Å². The minimum absolute atomic E-state index is 0.0804. The van der Waals surface area contributed by atoms with E-state index in [0.717, 1.165) is 37.1 Å². The summed E-state index contributed by atoms with van der Waals surface area (Å²) in [7, 11) is 0. The second kappa shape index (κ2) is 7.68. The van der Waals surface area contributed by atoms with Crippen molar-refractivity contribution in [3.05, 3.63) is 59.2 Å². The Bertz CT molecular complexity index is 791. The van der Waals surface area contributed by atoms with Crippen molar-refractivity contribution in [3.8, 4) is 5.75 Å². The molecule has 0 saturated heterocycles. The van der Waals surface area contributed by atoms with E-state index in [9.17, 15) is 18.0 Å². The van der Waals surface area contributed by atoms with E-state index in [1.807, 2.05) is 12.1 Å². The zero-order valence-electron chi connectivity index (χ0n) is 14.0. The standard InChI is InChI=1S/C19H19F3N2O2/c20-19(21,22)15-5-2-6-16(12-15)24-18(25)23-9-10-26-17-8-7-13-3-1-4-14(13)11-17/h2,5-8,11-12H,1,3-4,9-10H2,(H2,23,24,25). The molecule has 1 aliphatic rings. The van der Waals surface area contributed by atoms with Gasteiger partial charge in [0.25, 0.3) is 0 Å². The number of hydrogen-bond acceptors (Lipinski definition) is 2. The quantitative estimate of drug-likeness (QED) is 0.773. The van der Waals surface area contributed by atoms with Crippen LogP contribution in [0.3, 0.4) is 0 Å². The molecule has 4 nitrogen and oxygen atoms in total. The van der Waals surface area contributed by atoms with Gasteiger partial charge in [0, 0.05) is 5.69 Å². The van der Waals surface area contributed by atoms with Crippen LogP contribution in [0.15, 0.2) is 42.5 Å². The molecule has 0 fully saturated rings. The van der Waals surface area contributed by atoms with Gasteiger partial charge in [-0.1, -0.05) is 12.1 Å². The first kappa shape index (κ1) is 18.1. The lowest BCUT2D eigenvalue weighted by Gasteiger charge is -2.11. The van der Waals surface area contributed by atoms with E-state index in [0.29, 0.717) is 0 Å². The Morgan fingerprint density at radius 2 is 1.88 bits per heavy atom. The summed E-state index contributed by atoms with van der Waals surface area (Å²) in [5.74, 6) is 0.755. The van der Waals surface area contributed by atoms with Gasteiger partial charge in [0.15, 0.2) is 0 Å². The Hall–Kier alpha value is -2.70. The molecule has 0 bridgehead atoms. The highest BCUT2D eigenvalue weighted by atomic mass is 19.4. The number of amides is 2. The average Bonchev–Trinajstić information content (AvgIpc) is 3.06. The fourth-order valence-corrected chi connectivity index (χ4v) is 2.92. The van der Waals surface area contributed by atoms with Crippen LogP contribution in [0, 0.1) is 0 Å². The zero-order valence-corrected chi connectivity index (χ0v) is 14.0. The third-order valence-corrected chi connectivity index (χ3v) is 4.17. The minimum atomic E-state index is -4.45. The molecule has 0 saturated carbocycles. The highest BCUT2D eigenvalue weighted by Crippen LogP contribution is 2.30. The normalized spacial score (nSPS) is 13.2. The average molecular weight is 364 g/mol. The molecule has 0 unspecified atom stereocenters. The van der Waals surface area contributed by atoms with Gasteiger partial charge >= 0.3 is 12.2 Å². The van der Waals surface area contributed by atoms with Crippen LogP contribution in [-0.2, 0) is 19.0 Å². The summed E-state index contributed by atoms with van der Waals surface area (Å²) < 4.78 is 43.6. The maximum Gasteiger partial charge on any atom is 0.416 e. The van der Waals surface area contributed by atoms with E-state index >= 15 is 0 Å². The van der Waals surface area contributed by atoms with Gasteiger partial charge in [-0.05, 0) is 60.7 Å². The van der Waals surface area contributed by atoms with Crippen LogP contribution in [-0.4, -0.2) is 19.2 Å². The number of benzene rings is 2. The molecule has 2 amide bonds. The first-order valence-corrected chi connectivity index (χ1v) is 8.38. The van der Waals surface area contributed by atoms with Gasteiger partial charge in [0.1, 0.15) is 12.4 Å². The molecule has 0 spiro atoms. The number of aryl methyl sites for hydroxylation is 2. The fourth-order valence-electron chi connectivity index (χ4n) is 2.92. The number of hydrogen-bond donors (Lipinski definition) is 2. The second-order valence-electron chi connectivity index (χ2n) is 6.09. The lowest BCUT2D eigenvalue weighted by Crippen LogP contribution is -2.32. The van der Waals surface area contributed by atoms with E-state index in [4.69, 9.17) is 4.74 Å². The predicted octanol–water partition coefficient (Wildman–Crippen LogP) is 4.39. The Morgan fingerprint density at radius 1 is 1.08 bits per heavy atom. The molecule has 2 aromatic carbocycles. The number of urea groups is 1. The van der Waals surface area contributed by atoms with Crippen LogP contribution in [0.1, 0.15) is 23.1 Å². The van der Waals surface area contributed by atoms with Crippen molar-refractivity contribution in [2.45, 2.75) is 25.4 Å². The third-order valence-electron chi connectivity index (χ3n) is 4.17. The maximum atomic E-state index is 12.7. The fraction of sp³-hybridized carbons (Fsp3) is 0.316. The SMILES string of the molecule is O=C(NCCOc1ccc2c(c1)CCC2)Nc1cccc(C(F)(F)F)c1. The highest BCUT2D eigenvalue weighted by molar-refractivity contribution is 5.89. The summed E-state index contributed by atoms with van der Waals surface area (Å²) in [4.78, 5) is 11.8. The van der Waals surface area contributed by atoms with Gasteiger partial charge < -0.3 is 15.4 Å². The van der Waals surface area contributed by atoms with Gasteiger partial charge in [-0.25, -0.2) is 4.79 Å². The van der Waals surface area contributed by atoms with Crippen molar-refractivity contribution in [2.24, 2.45) is 0 Å². The minimum Gasteiger partial charge on any atom is -0.492 e. The van der Waals surface area contributed by atoms with E-state index < -0.39 is 17.8 Å². The van der Waals surface area contributed by atoms with E-state index in [2.05, 4.69) is 16.7 Å². The van der Waals surface area contributed by atoms with Crippen LogP contribution in [0.4, 0.5) is 23.7 Å². The van der Waals surface area contributed by atoms with Gasteiger partial charge in [0.2, 0.25) is 0 Å². The topological polar surface area (TPSA) is 50.4 Å². The number of rotatable bonds is 5. The molecule has 0 aromatic heterocycles. The summed E-state index contributed by atoms with van der Waals surface area (Å²) in [5, 5.41) is 4.94. The molecule has 7 heteroatoms. The monoisotopic (exact) mass is 364 g/mol. The van der Waals surface area contributed by atoms with Crippen molar-refractivity contribution >= 4 is 11.7 Å². The smallest absolute Gasteiger partial charge is 0.416 e. The molecule has 2 aromatic rings. The molecular formula is C19H19F3N2O2. The molecular weight excluding hydrogens is 345 g/mol. The summed E-state index contributed by atoms with van der Waals surface area (Å²) in [6.07, 6.45) is -1.12. The zero-order chi connectivity index (χ0) is 18.6. The van der Waals surface area contributed by atoms with Gasteiger partial charge in [-0.15, -0.1) is 0 Å². The maximum absolute atomic E-state index is 12.7. The molecule has 1 aliphatic carbocycles. The number of fused-ring (bicyclic) bond motifs is 1. The van der Waals surface area contributed by atoms with Crippen molar-refractivity contribution in [2.75, 3.05) is 18.5 Å². The lowest BCUT2D eigenvalue weighted by molar-refractivity contribution is -0.137. The Morgan fingerprint density at radius 3 is 2.69 bits per heavy atom. The number of halogens is 3. The second-order valence-corrected chi connectivity index (χ2v) is 6.09. The molecule has 0 aliphatic heterocycles. The van der Waals surface area contributed by atoms with Gasteiger partial charge in [0.05, 0.1) is 12.1 Å². The molecule has 138 valence electrons. The van der Waals surface area contributed by atoms with Gasteiger partial charge in [-0.2, -0.15) is 13.2 Å². The summed E-state index contributed by atoms with van der Waals surface area (Å²) in [5.41, 5.74) is 1.93. The van der Waals surface area contributed by atoms with Crippen molar-refractivity contribution in [3.63, 3.8) is 0 Å². The largest absolute Gasteiger partial charge is 0.492 e. The summed E-state index contributed by atoms with van der Waals surface area (Å²) in [6.45, 7) is 0.511. The Kier molecular flexibility index (Phi) is 5.35. The number of carbonyl (C=O) groups excluding carboxylic acids is 1. The van der Waals surface area contributed by atoms with E-state index in [-0.39, 0.29) is 18.8 Å².